The lowest BCUT2D eigenvalue weighted by Gasteiger charge is -2.12. The Balaban J connectivity index is 1.39. The quantitative estimate of drug-likeness (QED) is 0.315. The smallest absolute Gasteiger partial charge is 0.437 e. The molecular weight excluding hydrogens is 421 g/mol. The lowest BCUT2D eigenvalue weighted by atomic mass is 10.0. The first-order valence-corrected chi connectivity index (χ1v) is 10.7. The number of aliphatic hydroxyl groups excluding tert-OH is 1. The molecule has 0 saturated carbocycles. The Bertz CT molecular complexity index is 1210. The number of benzene rings is 2. The van der Waals surface area contributed by atoms with Crippen LogP contribution < -0.4 is 4.74 Å². The van der Waals surface area contributed by atoms with Crippen molar-refractivity contribution in [3.05, 3.63) is 59.4 Å². The third kappa shape index (κ3) is 4.46. The molecule has 0 aliphatic rings. The molecular formula is C24H25F3N2O3. The molecule has 2 aromatic carbocycles. The van der Waals surface area contributed by atoms with Crippen molar-refractivity contribution >= 4 is 21.9 Å². The number of unbranched alkanes of at least 4 members (excludes halogenated alkanes) is 1. The van der Waals surface area contributed by atoms with Crippen molar-refractivity contribution in [3.63, 3.8) is 0 Å². The zero-order valence-electron chi connectivity index (χ0n) is 17.8. The topological polar surface area (TPSA) is 60.4 Å². The fraction of sp³-hybridized carbons (Fsp3) is 0.375. The van der Waals surface area contributed by atoms with Crippen molar-refractivity contribution in [2.24, 2.45) is 0 Å². The second kappa shape index (κ2) is 9.24. The second-order valence-electron chi connectivity index (χ2n) is 7.81. The van der Waals surface area contributed by atoms with Gasteiger partial charge in [0.2, 0.25) is 0 Å². The second-order valence-corrected chi connectivity index (χ2v) is 7.81. The molecule has 0 unspecified atom stereocenters. The monoisotopic (exact) mass is 446 g/mol. The number of hydrogen-bond acceptors (Lipinski definition) is 4. The van der Waals surface area contributed by atoms with Gasteiger partial charge in [-0.3, -0.25) is 0 Å². The number of halogens is 3. The standard InChI is InChI=1S/C24H25F3N2O3/c1-2-5-18-21(9-7-19-22(18)32-28-23(19)24(25,26)27)31-13-4-3-11-29-12-10-17-14-16(15-30)6-8-20(17)29/h6-10,12,14,30H,2-5,11,13,15H2,1H3. The van der Waals surface area contributed by atoms with Crippen LogP contribution in [-0.2, 0) is 25.7 Å². The predicted octanol–water partition coefficient (Wildman–Crippen LogP) is 6.11. The lowest BCUT2D eigenvalue weighted by molar-refractivity contribution is -0.141. The van der Waals surface area contributed by atoms with E-state index in [9.17, 15) is 18.3 Å². The van der Waals surface area contributed by atoms with Gasteiger partial charge in [0.15, 0.2) is 11.3 Å². The summed E-state index contributed by atoms with van der Waals surface area (Å²) in [5.74, 6) is 0.548. The fourth-order valence-corrected chi connectivity index (χ4v) is 3.98. The van der Waals surface area contributed by atoms with Gasteiger partial charge in [-0.05, 0) is 60.5 Å². The minimum atomic E-state index is -4.56. The maximum atomic E-state index is 13.1. The SMILES string of the molecule is CCCc1c(OCCCCn2ccc3cc(CO)ccc32)ccc2c(C(F)(F)F)noc12. The summed E-state index contributed by atoms with van der Waals surface area (Å²) in [6.45, 7) is 3.25. The Morgan fingerprint density at radius 1 is 1.12 bits per heavy atom. The molecule has 0 aliphatic heterocycles. The highest BCUT2D eigenvalue weighted by atomic mass is 19.4. The van der Waals surface area contributed by atoms with Crippen LogP contribution in [0.2, 0.25) is 0 Å². The zero-order chi connectivity index (χ0) is 22.7. The van der Waals surface area contributed by atoms with E-state index in [1.54, 1.807) is 6.07 Å². The molecule has 4 aromatic rings. The highest BCUT2D eigenvalue weighted by Crippen LogP contribution is 2.38. The van der Waals surface area contributed by atoms with Gasteiger partial charge in [0.25, 0.3) is 0 Å². The van der Waals surface area contributed by atoms with Crippen molar-refractivity contribution in [1.82, 2.24) is 9.72 Å². The molecule has 0 aliphatic carbocycles. The van der Waals surface area contributed by atoms with Crippen LogP contribution in [0.15, 0.2) is 47.1 Å². The summed E-state index contributed by atoms with van der Waals surface area (Å²) in [6.07, 6.45) is 0.446. The molecule has 0 spiro atoms. The molecule has 0 atom stereocenters. The molecule has 170 valence electrons. The Kier molecular flexibility index (Phi) is 6.41. The van der Waals surface area contributed by atoms with Crippen molar-refractivity contribution in [1.29, 1.82) is 0 Å². The van der Waals surface area contributed by atoms with Crippen LogP contribution in [0.1, 0.15) is 43.0 Å². The fourth-order valence-electron chi connectivity index (χ4n) is 3.98. The number of hydrogen-bond donors (Lipinski definition) is 1. The van der Waals surface area contributed by atoms with E-state index in [1.807, 2.05) is 37.4 Å². The Hall–Kier alpha value is -3.00. The summed E-state index contributed by atoms with van der Waals surface area (Å²) in [7, 11) is 0. The van der Waals surface area contributed by atoms with Gasteiger partial charge in [-0.1, -0.05) is 24.6 Å². The van der Waals surface area contributed by atoms with Gasteiger partial charge in [0.05, 0.1) is 18.6 Å². The van der Waals surface area contributed by atoms with Gasteiger partial charge in [-0.15, -0.1) is 0 Å². The number of nitrogens with zero attached hydrogens (tertiary/aromatic N) is 2. The first kappa shape index (κ1) is 22.2. The van der Waals surface area contributed by atoms with Crippen LogP contribution in [0, 0.1) is 0 Å². The van der Waals surface area contributed by atoms with Gasteiger partial charge in [0, 0.05) is 23.8 Å². The molecule has 5 nitrogen and oxygen atoms in total. The van der Waals surface area contributed by atoms with Crippen molar-refractivity contribution in [2.45, 2.75) is 51.9 Å². The highest BCUT2D eigenvalue weighted by molar-refractivity contribution is 5.85. The van der Waals surface area contributed by atoms with Crippen molar-refractivity contribution in [3.8, 4) is 5.75 Å². The molecule has 0 saturated heterocycles. The number of alkyl halides is 3. The lowest BCUT2D eigenvalue weighted by Crippen LogP contribution is -2.06. The Morgan fingerprint density at radius 2 is 1.97 bits per heavy atom. The van der Waals surface area contributed by atoms with Crippen molar-refractivity contribution in [2.75, 3.05) is 6.61 Å². The molecule has 0 amide bonds. The summed E-state index contributed by atoms with van der Waals surface area (Å²) in [5, 5.41) is 13.6. The number of aryl methyl sites for hydroxylation is 2. The zero-order valence-corrected chi connectivity index (χ0v) is 17.8. The Labute approximate surface area is 183 Å². The maximum absolute atomic E-state index is 13.1. The number of rotatable bonds is 9. The van der Waals surface area contributed by atoms with E-state index >= 15 is 0 Å². The van der Waals surface area contributed by atoms with Crippen molar-refractivity contribution < 1.29 is 27.5 Å². The van der Waals surface area contributed by atoms with Gasteiger partial charge in [-0.2, -0.15) is 13.2 Å². The molecule has 0 radical (unpaired) electrons. The van der Waals surface area contributed by atoms with Crippen LogP contribution >= 0.6 is 0 Å². The largest absolute Gasteiger partial charge is 0.493 e. The van der Waals surface area contributed by atoms with E-state index in [0.29, 0.717) is 24.3 Å². The van der Waals surface area contributed by atoms with E-state index in [0.717, 1.165) is 42.3 Å². The van der Waals surface area contributed by atoms with Crippen LogP contribution in [0.25, 0.3) is 21.9 Å². The summed E-state index contributed by atoms with van der Waals surface area (Å²) in [5.41, 5.74) is 1.78. The Morgan fingerprint density at radius 3 is 2.72 bits per heavy atom. The van der Waals surface area contributed by atoms with Gasteiger partial charge >= 0.3 is 6.18 Å². The molecule has 4 rings (SSSR count). The third-order valence-electron chi connectivity index (χ3n) is 5.54. The predicted molar refractivity (Wildman–Crippen MR) is 116 cm³/mol. The van der Waals surface area contributed by atoms with Crippen LogP contribution in [0.4, 0.5) is 13.2 Å². The van der Waals surface area contributed by atoms with E-state index in [2.05, 4.69) is 9.72 Å². The summed E-state index contributed by atoms with van der Waals surface area (Å²) >= 11 is 0. The van der Waals surface area contributed by atoms with E-state index in [1.165, 1.54) is 6.07 Å². The molecule has 32 heavy (non-hydrogen) atoms. The molecule has 2 aromatic heterocycles. The maximum Gasteiger partial charge on any atom is 0.437 e. The third-order valence-corrected chi connectivity index (χ3v) is 5.54. The van der Waals surface area contributed by atoms with Gasteiger partial charge in [0.1, 0.15) is 5.75 Å². The number of fused-ring (bicyclic) bond motifs is 2. The first-order chi connectivity index (χ1) is 15.4. The number of aromatic nitrogens is 2. The molecule has 2 heterocycles. The summed E-state index contributed by atoms with van der Waals surface area (Å²) in [4.78, 5) is 0. The highest BCUT2D eigenvalue weighted by Gasteiger charge is 2.37. The minimum absolute atomic E-state index is 0.0237. The average Bonchev–Trinajstić information content (AvgIpc) is 3.38. The van der Waals surface area contributed by atoms with E-state index in [-0.39, 0.29) is 17.6 Å². The van der Waals surface area contributed by atoms with Gasteiger partial charge in [-0.25, -0.2) is 0 Å². The van der Waals surface area contributed by atoms with Crippen LogP contribution in [-0.4, -0.2) is 21.4 Å². The number of aliphatic hydroxyl groups is 1. The molecule has 8 heteroatoms. The summed E-state index contributed by atoms with van der Waals surface area (Å²) in [6, 6.07) is 10.9. The number of ether oxygens (including phenoxy) is 1. The van der Waals surface area contributed by atoms with E-state index in [4.69, 9.17) is 9.26 Å². The minimum Gasteiger partial charge on any atom is -0.493 e. The van der Waals surface area contributed by atoms with Crippen LogP contribution in [0.5, 0.6) is 5.75 Å². The summed E-state index contributed by atoms with van der Waals surface area (Å²) < 4.78 is 52.6. The van der Waals surface area contributed by atoms with E-state index < -0.39 is 11.9 Å². The molecule has 1 N–H and O–H groups in total. The average molecular weight is 446 g/mol. The molecule has 0 bridgehead atoms. The van der Waals surface area contributed by atoms with Crippen LogP contribution in [0.3, 0.4) is 0 Å². The van der Waals surface area contributed by atoms with Gasteiger partial charge < -0.3 is 18.9 Å². The normalized spacial score (nSPS) is 12.2. The first-order valence-electron chi connectivity index (χ1n) is 10.7. The molecule has 0 fully saturated rings.